The number of rotatable bonds is 6. The van der Waals surface area contributed by atoms with Crippen molar-refractivity contribution in [3.63, 3.8) is 0 Å². The Hall–Kier alpha value is -1.39. The van der Waals surface area contributed by atoms with Gasteiger partial charge in [-0.25, -0.2) is 9.97 Å². The van der Waals surface area contributed by atoms with Gasteiger partial charge in [-0.2, -0.15) is 0 Å². The van der Waals surface area contributed by atoms with Gasteiger partial charge < -0.3 is 10.1 Å². The highest BCUT2D eigenvalue weighted by atomic mass is 35.5. The zero-order valence-electron chi connectivity index (χ0n) is 9.40. The Labute approximate surface area is 105 Å². The summed E-state index contributed by atoms with van der Waals surface area (Å²) >= 11 is 5.51. The largest absolute Gasteiger partial charge is 0.378 e. The topological polar surface area (TPSA) is 47.0 Å². The van der Waals surface area contributed by atoms with Crippen molar-refractivity contribution in [2.45, 2.75) is 0 Å². The van der Waals surface area contributed by atoms with Gasteiger partial charge in [0.25, 0.3) is 0 Å². The SMILES string of the molecule is ClCCOCCNc1ncnc2ccccc12. The van der Waals surface area contributed by atoms with E-state index in [2.05, 4.69) is 15.3 Å². The molecule has 0 saturated heterocycles. The molecule has 0 radical (unpaired) electrons. The standard InChI is InChI=1S/C12H14ClN3O/c13-5-7-17-8-6-14-12-10-3-1-2-4-11(10)15-9-16-12/h1-4,9H,5-8H2,(H,14,15,16). The molecule has 1 aromatic heterocycles. The van der Waals surface area contributed by atoms with Gasteiger partial charge in [0.1, 0.15) is 12.1 Å². The molecule has 1 aromatic carbocycles. The first-order valence-electron chi connectivity index (χ1n) is 5.49. The first-order valence-corrected chi connectivity index (χ1v) is 6.02. The van der Waals surface area contributed by atoms with Crippen LogP contribution in [0.15, 0.2) is 30.6 Å². The highest BCUT2D eigenvalue weighted by Gasteiger charge is 2.01. The van der Waals surface area contributed by atoms with E-state index in [0.717, 1.165) is 16.7 Å². The molecule has 0 unspecified atom stereocenters. The summed E-state index contributed by atoms with van der Waals surface area (Å²) in [6.07, 6.45) is 1.56. The van der Waals surface area contributed by atoms with E-state index >= 15 is 0 Å². The van der Waals surface area contributed by atoms with E-state index in [-0.39, 0.29) is 0 Å². The number of aromatic nitrogens is 2. The quantitative estimate of drug-likeness (QED) is 0.632. The van der Waals surface area contributed by atoms with Crippen LogP contribution in [0.3, 0.4) is 0 Å². The van der Waals surface area contributed by atoms with Crippen LogP contribution < -0.4 is 5.32 Å². The molecule has 0 bridgehead atoms. The summed E-state index contributed by atoms with van der Waals surface area (Å²) in [7, 11) is 0. The molecule has 0 aliphatic heterocycles. The van der Waals surface area contributed by atoms with E-state index in [1.807, 2.05) is 24.3 Å². The molecule has 17 heavy (non-hydrogen) atoms. The Morgan fingerprint density at radius 3 is 2.94 bits per heavy atom. The number of hydrogen-bond acceptors (Lipinski definition) is 4. The smallest absolute Gasteiger partial charge is 0.137 e. The van der Waals surface area contributed by atoms with Gasteiger partial charge in [-0.1, -0.05) is 12.1 Å². The number of fused-ring (bicyclic) bond motifs is 1. The van der Waals surface area contributed by atoms with Gasteiger partial charge in [-0.3, -0.25) is 0 Å². The number of halogens is 1. The van der Waals surface area contributed by atoms with Gasteiger partial charge in [-0.15, -0.1) is 11.6 Å². The molecular formula is C12H14ClN3O. The third-order valence-corrected chi connectivity index (χ3v) is 2.46. The van der Waals surface area contributed by atoms with Gasteiger partial charge in [0.05, 0.1) is 18.7 Å². The molecule has 0 atom stereocenters. The van der Waals surface area contributed by atoms with E-state index in [9.17, 15) is 0 Å². The van der Waals surface area contributed by atoms with Crippen molar-refractivity contribution < 1.29 is 4.74 Å². The third kappa shape index (κ3) is 3.28. The summed E-state index contributed by atoms with van der Waals surface area (Å²) in [6.45, 7) is 1.90. The first kappa shape index (κ1) is 12.1. The number of nitrogens with zero attached hydrogens (tertiary/aromatic N) is 2. The van der Waals surface area contributed by atoms with Gasteiger partial charge in [0.15, 0.2) is 0 Å². The lowest BCUT2D eigenvalue weighted by Crippen LogP contribution is -2.11. The van der Waals surface area contributed by atoms with Crippen LogP contribution in [0.25, 0.3) is 10.9 Å². The van der Waals surface area contributed by atoms with E-state index in [1.54, 1.807) is 6.33 Å². The molecule has 0 fully saturated rings. The highest BCUT2D eigenvalue weighted by Crippen LogP contribution is 2.17. The fraction of sp³-hybridized carbons (Fsp3) is 0.333. The van der Waals surface area contributed by atoms with Crippen molar-refractivity contribution in [1.29, 1.82) is 0 Å². The molecule has 0 aliphatic rings. The summed E-state index contributed by atoms with van der Waals surface area (Å²) in [5.41, 5.74) is 0.937. The van der Waals surface area contributed by atoms with Gasteiger partial charge >= 0.3 is 0 Å². The van der Waals surface area contributed by atoms with Crippen LogP contribution in [-0.2, 0) is 4.74 Å². The van der Waals surface area contributed by atoms with Crippen LogP contribution in [0.4, 0.5) is 5.82 Å². The number of para-hydroxylation sites is 1. The molecule has 5 heteroatoms. The van der Waals surface area contributed by atoms with Crippen LogP contribution in [0.2, 0.25) is 0 Å². The Kier molecular flexibility index (Phi) is 4.53. The Morgan fingerprint density at radius 1 is 1.18 bits per heavy atom. The molecule has 0 saturated carbocycles. The van der Waals surface area contributed by atoms with Gasteiger partial charge in [0.2, 0.25) is 0 Å². The minimum atomic E-state index is 0.524. The number of hydrogen-bond donors (Lipinski definition) is 1. The lowest BCUT2D eigenvalue weighted by atomic mass is 10.2. The molecular weight excluding hydrogens is 238 g/mol. The molecule has 0 amide bonds. The molecule has 0 spiro atoms. The third-order valence-electron chi connectivity index (χ3n) is 2.30. The zero-order valence-corrected chi connectivity index (χ0v) is 10.2. The molecule has 90 valence electrons. The molecule has 1 heterocycles. The maximum Gasteiger partial charge on any atom is 0.137 e. The zero-order chi connectivity index (χ0) is 11.9. The molecule has 4 nitrogen and oxygen atoms in total. The fourth-order valence-electron chi connectivity index (χ4n) is 1.54. The highest BCUT2D eigenvalue weighted by molar-refractivity contribution is 6.17. The minimum absolute atomic E-state index is 0.524. The van der Waals surface area contributed by atoms with Crippen molar-refractivity contribution in [3.05, 3.63) is 30.6 Å². The van der Waals surface area contributed by atoms with Crippen molar-refractivity contribution in [1.82, 2.24) is 9.97 Å². The summed E-state index contributed by atoms with van der Waals surface area (Å²) in [4.78, 5) is 8.42. The number of anilines is 1. The Balaban J connectivity index is 1.98. The molecule has 1 N–H and O–H groups in total. The summed E-state index contributed by atoms with van der Waals surface area (Å²) in [5.74, 6) is 1.36. The predicted molar refractivity (Wildman–Crippen MR) is 69.6 cm³/mol. The minimum Gasteiger partial charge on any atom is -0.378 e. The Bertz CT molecular complexity index is 473. The number of nitrogens with one attached hydrogen (secondary N) is 1. The monoisotopic (exact) mass is 251 g/mol. The summed E-state index contributed by atoms with van der Waals surface area (Å²) < 4.78 is 5.28. The number of ether oxygens (including phenoxy) is 1. The normalized spacial score (nSPS) is 10.6. The predicted octanol–water partition coefficient (Wildman–Crippen LogP) is 2.30. The van der Waals surface area contributed by atoms with E-state index in [4.69, 9.17) is 16.3 Å². The van der Waals surface area contributed by atoms with E-state index in [1.165, 1.54) is 0 Å². The van der Waals surface area contributed by atoms with Crippen molar-refractivity contribution in [2.75, 3.05) is 31.0 Å². The molecule has 2 aromatic rings. The van der Waals surface area contributed by atoms with Crippen LogP contribution in [0, 0.1) is 0 Å². The average Bonchev–Trinajstić information content (AvgIpc) is 2.39. The maximum atomic E-state index is 5.51. The van der Waals surface area contributed by atoms with E-state index in [0.29, 0.717) is 25.6 Å². The van der Waals surface area contributed by atoms with E-state index < -0.39 is 0 Å². The molecule has 2 rings (SSSR count). The van der Waals surface area contributed by atoms with Crippen molar-refractivity contribution in [3.8, 4) is 0 Å². The first-order chi connectivity index (χ1) is 8.42. The average molecular weight is 252 g/mol. The summed E-state index contributed by atoms with van der Waals surface area (Å²) in [5, 5.41) is 4.25. The van der Waals surface area contributed by atoms with Crippen molar-refractivity contribution >= 4 is 28.3 Å². The fourth-order valence-corrected chi connectivity index (χ4v) is 1.65. The second-order valence-corrected chi connectivity index (χ2v) is 3.85. The summed E-state index contributed by atoms with van der Waals surface area (Å²) in [6, 6.07) is 7.90. The van der Waals surface area contributed by atoms with Crippen LogP contribution >= 0.6 is 11.6 Å². The van der Waals surface area contributed by atoms with Crippen LogP contribution in [-0.4, -0.2) is 35.6 Å². The second-order valence-electron chi connectivity index (χ2n) is 3.47. The lowest BCUT2D eigenvalue weighted by Gasteiger charge is -2.08. The van der Waals surface area contributed by atoms with Crippen LogP contribution in [0.1, 0.15) is 0 Å². The van der Waals surface area contributed by atoms with Crippen molar-refractivity contribution in [2.24, 2.45) is 0 Å². The second kappa shape index (κ2) is 6.37. The number of benzene rings is 1. The van der Waals surface area contributed by atoms with Crippen LogP contribution in [0.5, 0.6) is 0 Å². The number of alkyl halides is 1. The lowest BCUT2D eigenvalue weighted by molar-refractivity contribution is 0.160. The Morgan fingerprint density at radius 2 is 2.06 bits per heavy atom. The maximum absolute atomic E-state index is 5.51. The molecule has 0 aliphatic carbocycles. The van der Waals surface area contributed by atoms with Gasteiger partial charge in [0, 0.05) is 17.8 Å². The van der Waals surface area contributed by atoms with Gasteiger partial charge in [-0.05, 0) is 12.1 Å².